The van der Waals surface area contributed by atoms with Gasteiger partial charge < -0.3 is 9.84 Å². The van der Waals surface area contributed by atoms with Crippen LogP contribution in [0.4, 0.5) is 92.2 Å². The molecule has 0 saturated heterocycles. The number of rotatable bonds is 14. The van der Waals surface area contributed by atoms with Crippen LogP contribution < -0.4 is 0 Å². The SMILES string of the molecule is C=C(OCC(O)CC(F)(F)C(F)(F)C(F)(F)C(F)(F)C(F)(F)C(F)(F)C(F)(F)C(F)(F)C(F)(F)C(F)(F)F)C(C)=O. The molecule has 0 rings (SSSR count). The number of aliphatic hydroxyl groups is 1. The van der Waals surface area contributed by atoms with E-state index in [9.17, 15) is 97.0 Å². The second kappa shape index (κ2) is 10.5. The number of carbonyl (C=O) groups excluding carboxylic acids is 1. The zero-order chi connectivity index (χ0) is 33.9. The lowest BCUT2D eigenvalue weighted by atomic mass is 9.85. The molecule has 0 aliphatic rings. The third-order valence-electron chi connectivity index (χ3n) is 4.91. The van der Waals surface area contributed by atoms with Crippen LogP contribution in [0, 0.1) is 0 Å². The van der Waals surface area contributed by atoms with E-state index in [0.29, 0.717) is 6.92 Å². The number of ketones is 1. The van der Waals surface area contributed by atoms with Crippen molar-refractivity contribution in [1.29, 1.82) is 0 Å². The van der Waals surface area contributed by atoms with Crippen molar-refractivity contribution in [2.24, 2.45) is 0 Å². The minimum Gasteiger partial charge on any atom is -0.488 e. The Balaban J connectivity index is 6.76. The molecule has 0 aliphatic heterocycles. The maximum Gasteiger partial charge on any atom is 0.460 e. The highest BCUT2D eigenvalue weighted by Gasteiger charge is 2.97. The minimum atomic E-state index is -9.25. The van der Waals surface area contributed by atoms with Crippen molar-refractivity contribution in [3.05, 3.63) is 12.3 Å². The van der Waals surface area contributed by atoms with Gasteiger partial charge in [0.05, 0.1) is 6.10 Å². The third-order valence-corrected chi connectivity index (χ3v) is 4.91. The van der Waals surface area contributed by atoms with E-state index in [1.807, 2.05) is 0 Å². The highest BCUT2D eigenvalue weighted by molar-refractivity contribution is 5.90. The number of alkyl halides is 21. The summed E-state index contributed by atoms with van der Waals surface area (Å²) in [5.41, 5.74) is 0. The summed E-state index contributed by atoms with van der Waals surface area (Å²) in [5.74, 6) is -80.2. The molecular formula is C17H11F21O3. The van der Waals surface area contributed by atoms with E-state index in [2.05, 4.69) is 11.3 Å². The number of aliphatic hydroxyl groups excluding tert-OH is 1. The van der Waals surface area contributed by atoms with E-state index < -0.39 is 90.2 Å². The minimum absolute atomic E-state index is 0.652. The van der Waals surface area contributed by atoms with Gasteiger partial charge in [-0.25, -0.2) is 0 Å². The van der Waals surface area contributed by atoms with Crippen LogP contribution in [0.1, 0.15) is 13.3 Å². The Morgan fingerprint density at radius 1 is 0.585 bits per heavy atom. The van der Waals surface area contributed by atoms with Gasteiger partial charge in [-0.3, -0.25) is 4.79 Å². The Morgan fingerprint density at radius 3 is 1.12 bits per heavy atom. The van der Waals surface area contributed by atoms with E-state index in [1.54, 1.807) is 0 Å². The Morgan fingerprint density at radius 2 is 0.854 bits per heavy atom. The maximum atomic E-state index is 13.8. The normalized spacial score (nSPS) is 16.5. The maximum absolute atomic E-state index is 13.8. The summed E-state index contributed by atoms with van der Waals surface area (Å²) in [4.78, 5) is 10.8. The van der Waals surface area contributed by atoms with E-state index in [-0.39, 0.29) is 0 Å². The fourth-order valence-electron chi connectivity index (χ4n) is 2.37. The molecule has 24 heteroatoms. The summed E-state index contributed by atoms with van der Waals surface area (Å²) in [6, 6.07) is 0. The Kier molecular flexibility index (Phi) is 9.87. The second-order valence-corrected chi connectivity index (χ2v) is 7.95. The molecule has 0 heterocycles. The molecule has 0 radical (unpaired) electrons. The van der Waals surface area contributed by atoms with Crippen LogP contribution in [0.3, 0.4) is 0 Å². The number of hydrogen-bond acceptors (Lipinski definition) is 3. The summed E-state index contributed by atoms with van der Waals surface area (Å²) in [6.07, 6.45) is -14.6. The van der Waals surface area contributed by atoms with Gasteiger partial charge in [0.15, 0.2) is 11.5 Å². The van der Waals surface area contributed by atoms with Gasteiger partial charge in [-0.1, -0.05) is 6.58 Å². The van der Waals surface area contributed by atoms with Crippen molar-refractivity contribution in [2.75, 3.05) is 6.61 Å². The van der Waals surface area contributed by atoms with Crippen LogP contribution >= 0.6 is 0 Å². The third kappa shape index (κ3) is 5.59. The van der Waals surface area contributed by atoms with Gasteiger partial charge in [0, 0.05) is 13.3 Å². The van der Waals surface area contributed by atoms with Crippen molar-refractivity contribution in [3.8, 4) is 0 Å². The zero-order valence-corrected chi connectivity index (χ0v) is 18.9. The largest absolute Gasteiger partial charge is 0.488 e. The molecule has 0 saturated carbocycles. The molecule has 0 fully saturated rings. The summed E-state index contributed by atoms with van der Waals surface area (Å²) in [5, 5.41) is 9.14. The quantitative estimate of drug-likeness (QED) is 0.122. The van der Waals surface area contributed by atoms with E-state index in [0.717, 1.165) is 0 Å². The molecule has 0 aliphatic carbocycles. The van der Waals surface area contributed by atoms with Crippen LogP contribution in [0.25, 0.3) is 0 Å². The standard InChI is InChI=1S/C17H11F21O3/c1-5(39)6(2)41-4-7(40)3-8(18,19)9(20,21)10(22,23)11(24,25)12(26,27)13(28,29)14(30,31)15(32,33)16(34,35)17(36,37)38/h7,40H,2-4H2,1H3. The molecule has 0 aromatic rings. The molecule has 0 bridgehead atoms. The lowest BCUT2D eigenvalue weighted by molar-refractivity contribution is -0.474. The van der Waals surface area contributed by atoms with Gasteiger partial charge in [-0.2, -0.15) is 92.2 Å². The van der Waals surface area contributed by atoms with E-state index in [1.165, 1.54) is 0 Å². The van der Waals surface area contributed by atoms with Crippen molar-refractivity contribution in [2.45, 2.75) is 78.9 Å². The first-order valence-electron chi connectivity index (χ1n) is 9.45. The average molecular weight is 662 g/mol. The van der Waals surface area contributed by atoms with Crippen LogP contribution in [0.5, 0.6) is 0 Å². The van der Waals surface area contributed by atoms with Crippen molar-refractivity contribution >= 4 is 5.78 Å². The number of halogens is 21. The molecule has 1 unspecified atom stereocenters. The molecule has 0 aromatic carbocycles. The highest BCUT2D eigenvalue weighted by Crippen LogP contribution is 2.66. The monoisotopic (exact) mass is 662 g/mol. The number of carbonyl (C=O) groups is 1. The van der Waals surface area contributed by atoms with Gasteiger partial charge in [0.1, 0.15) is 6.61 Å². The lowest BCUT2D eigenvalue weighted by Gasteiger charge is -2.44. The first-order valence-corrected chi connectivity index (χ1v) is 9.45. The summed E-state index contributed by atoms with van der Waals surface area (Å²) in [6.45, 7) is 1.61. The molecule has 0 aromatic heterocycles. The fourth-order valence-corrected chi connectivity index (χ4v) is 2.37. The van der Waals surface area contributed by atoms with Gasteiger partial charge in [0.2, 0.25) is 0 Å². The summed E-state index contributed by atoms with van der Waals surface area (Å²) < 4.78 is 283. The topological polar surface area (TPSA) is 46.5 Å². The molecule has 0 spiro atoms. The second-order valence-electron chi connectivity index (χ2n) is 7.95. The van der Waals surface area contributed by atoms with Crippen molar-refractivity contribution in [3.63, 3.8) is 0 Å². The molecule has 41 heavy (non-hydrogen) atoms. The van der Waals surface area contributed by atoms with Crippen LogP contribution in [0.15, 0.2) is 12.3 Å². The smallest absolute Gasteiger partial charge is 0.460 e. The molecule has 1 N–H and O–H groups in total. The van der Waals surface area contributed by atoms with Gasteiger partial charge in [-0.15, -0.1) is 0 Å². The van der Waals surface area contributed by atoms with Gasteiger partial charge >= 0.3 is 59.5 Å². The first kappa shape index (κ1) is 38.7. The fraction of sp³-hybridized carbons (Fsp3) is 0.824. The van der Waals surface area contributed by atoms with Gasteiger partial charge in [0.25, 0.3) is 0 Å². The molecule has 0 amide bonds. The Bertz CT molecular complexity index is 980. The van der Waals surface area contributed by atoms with Crippen LogP contribution in [-0.4, -0.2) is 83.1 Å². The molecule has 3 nitrogen and oxygen atoms in total. The van der Waals surface area contributed by atoms with Crippen LogP contribution in [-0.2, 0) is 9.53 Å². The van der Waals surface area contributed by atoms with Crippen molar-refractivity contribution in [1.82, 2.24) is 0 Å². The first-order chi connectivity index (χ1) is 17.5. The predicted molar refractivity (Wildman–Crippen MR) is 87.0 cm³/mol. The average Bonchev–Trinajstić information content (AvgIpc) is 2.74. The molecule has 244 valence electrons. The molecular weight excluding hydrogens is 651 g/mol. The Labute approximate surface area is 211 Å². The number of allylic oxidation sites excluding steroid dienone is 1. The van der Waals surface area contributed by atoms with Crippen molar-refractivity contribution < 1.29 is 107 Å². The lowest BCUT2D eigenvalue weighted by Crippen LogP contribution is -2.76. The Hall–Kier alpha value is -2.30. The number of ether oxygens (including phenoxy) is 1. The summed E-state index contributed by atoms with van der Waals surface area (Å²) in [7, 11) is 0. The van der Waals surface area contributed by atoms with E-state index in [4.69, 9.17) is 5.11 Å². The summed E-state index contributed by atoms with van der Waals surface area (Å²) >= 11 is 0. The number of Topliss-reactive ketones (excluding diaryl/α,β-unsaturated/α-hetero) is 1. The molecule has 1 atom stereocenters. The van der Waals surface area contributed by atoms with Crippen LogP contribution in [0.2, 0.25) is 0 Å². The predicted octanol–water partition coefficient (Wildman–Crippen LogP) is 7.14. The highest BCUT2D eigenvalue weighted by atomic mass is 19.4. The van der Waals surface area contributed by atoms with E-state index >= 15 is 0 Å². The van der Waals surface area contributed by atoms with Gasteiger partial charge in [-0.05, 0) is 0 Å². The number of hydrogen-bond donors (Lipinski definition) is 1. The zero-order valence-electron chi connectivity index (χ0n) is 18.9.